The van der Waals surface area contributed by atoms with Crippen molar-refractivity contribution in [1.29, 1.82) is 0 Å². The maximum atomic E-state index is 8.66. The Morgan fingerprint density at radius 1 is 1.54 bits per heavy atom. The molecule has 0 bridgehead atoms. The molecule has 0 aliphatic heterocycles. The lowest BCUT2D eigenvalue weighted by atomic mass is 10.2. The molecule has 0 saturated heterocycles. The van der Waals surface area contributed by atoms with Crippen LogP contribution in [0, 0.1) is 0 Å². The molecule has 0 unspecified atom stereocenters. The van der Waals surface area contributed by atoms with Crippen molar-refractivity contribution in [3.8, 4) is 0 Å². The van der Waals surface area contributed by atoms with Crippen LogP contribution in [0.15, 0.2) is 6.20 Å². The van der Waals surface area contributed by atoms with E-state index in [1.807, 2.05) is 0 Å². The maximum Gasteiger partial charge on any atom is 0.171 e. The molecule has 5 heteroatoms. The molecule has 0 spiro atoms. The van der Waals surface area contributed by atoms with Crippen LogP contribution in [0.25, 0.3) is 0 Å². The first-order valence-electron chi connectivity index (χ1n) is 4.47. The highest BCUT2D eigenvalue weighted by Crippen LogP contribution is 2.00. The van der Waals surface area contributed by atoms with Crippen LogP contribution in [-0.2, 0) is 13.0 Å². The van der Waals surface area contributed by atoms with E-state index in [4.69, 9.17) is 10.2 Å². The van der Waals surface area contributed by atoms with Crippen molar-refractivity contribution in [2.75, 3.05) is 0 Å². The summed E-state index contributed by atoms with van der Waals surface area (Å²) in [5, 5.41) is 25.0. The molecule has 0 saturated carbocycles. The highest BCUT2D eigenvalue weighted by atomic mass is 16.5. The lowest BCUT2D eigenvalue weighted by Gasteiger charge is -2.00. The van der Waals surface area contributed by atoms with E-state index in [9.17, 15) is 0 Å². The number of unbranched alkanes of at least 4 members (excludes halogenated alkanes) is 1. The van der Waals surface area contributed by atoms with E-state index in [-0.39, 0.29) is 6.54 Å². The third kappa shape index (κ3) is 3.52. The summed E-state index contributed by atoms with van der Waals surface area (Å²) in [5.74, 6) is 0. The lowest BCUT2D eigenvalue weighted by Crippen LogP contribution is -2.15. The first kappa shape index (κ1) is 10.1. The van der Waals surface area contributed by atoms with Gasteiger partial charge in [0.05, 0.1) is 12.2 Å². The third-order valence-electron chi connectivity index (χ3n) is 1.72. The van der Waals surface area contributed by atoms with Crippen molar-refractivity contribution in [2.45, 2.75) is 39.0 Å². The van der Waals surface area contributed by atoms with Gasteiger partial charge in [0, 0.05) is 6.20 Å². The van der Waals surface area contributed by atoms with Gasteiger partial charge in [-0.3, -0.25) is 0 Å². The van der Waals surface area contributed by atoms with Crippen molar-refractivity contribution in [2.24, 2.45) is 0 Å². The van der Waals surface area contributed by atoms with E-state index < -0.39 is 6.29 Å². The number of hydrogen-bond acceptors (Lipinski definition) is 4. The summed E-state index contributed by atoms with van der Waals surface area (Å²) in [6.07, 6.45) is 3.49. The minimum absolute atomic E-state index is 0.0825. The van der Waals surface area contributed by atoms with Crippen molar-refractivity contribution < 1.29 is 10.2 Å². The summed E-state index contributed by atoms with van der Waals surface area (Å²) in [4.78, 5) is 0. The van der Waals surface area contributed by atoms with Crippen LogP contribution in [0.2, 0.25) is 0 Å². The van der Waals surface area contributed by atoms with Gasteiger partial charge in [0.1, 0.15) is 0 Å². The Labute approximate surface area is 77.0 Å². The van der Waals surface area contributed by atoms with Crippen LogP contribution in [0.1, 0.15) is 25.5 Å². The van der Waals surface area contributed by atoms with E-state index in [0.29, 0.717) is 0 Å². The molecule has 0 amide bonds. The first-order valence-corrected chi connectivity index (χ1v) is 4.47. The van der Waals surface area contributed by atoms with Crippen molar-refractivity contribution >= 4 is 0 Å². The molecule has 74 valence electrons. The molecule has 0 atom stereocenters. The number of rotatable bonds is 5. The largest absolute Gasteiger partial charge is 0.367 e. The number of hydrogen-bond donors (Lipinski definition) is 2. The zero-order valence-corrected chi connectivity index (χ0v) is 7.72. The number of aryl methyl sites for hydroxylation is 1. The Morgan fingerprint density at radius 3 is 2.92 bits per heavy atom. The average Bonchev–Trinajstić information content (AvgIpc) is 2.48. The summed E-state index contributed by atoms with van der Waals surface area (Å²) in [6, 6.07) is 0. The molecular formula is C8H15N3O2. The Morgan fingerprint density at radius 2 is 2.31 bits per heavy atom. The predicted octanol–water partition coefficient (Wildman–Crippen LogP) is -0.0686. The summed E-state index contributed by atoms with van der Waals surface area (Å²) >= 11 is 0. The molecule has 0 fully saturated rings. The van der Waals surface area contributed by atoms with Crippen LogP contribution in [0.4, 0.5) is 0 Å². The molecule has 2 N–H and O–H groups in total. The molecule has 0 radical (unpaired) electrons. The van der Waals surface area contributed by atoms with Crippen LogP contribution in [0.5, 0.6) is 0 Å². The molecule has 0 aromatic carbocycles. The maximum absolute atomic E-state index is 8.66. The topological polar surface area (TPSA) is 71.2 Å². The number of nitrogens with zero attached hydrogens (tertiary/aromatic N) is 3. The molecule has 1 heterocycles. The summed E-state index contributed by atoms with van der Waals surface area (Å²) in [6.45, 7) is 2.20. The fourth-order valence-electron chi connectivity index (χ4n) is 1.07. The highest BCUT2D eigenvalue weighted by Gasteiger charge is 2.03. The van der Waals surface area contributed by atoms with Gasteiger partial charge in [-0.2, -0.15) is 0 Å². The minimum Gasteiger partial charge on any atom is -0.367 e. The van der Waals surface area contributed by atoms with Crippen molar-refractivity contribution in [1.82, 2.24) is 15.0 Å². The zero-order chi connectivity index (χ0) is 9.68. The zero-order valence-electron chi connectivity index (χ0n) is 7.72. The minimum atomic E-state index is -1.36. The average molecular weight is 185 g/mol. The second kappa shape index (κ2) is 4.94. The van der Waals surface area contributed by atoms with Crippen LogP contribution < -0.4 is 0 Å². The standard InChI is InChI=1S/C8H15N3O2/c1-2-3-4-7-5-11(10-9-7)6-8(12)13/h5,8,12-13H,2-4,6H2,1H3. The summed E-state index contributed by atoms with van der Waals surface area (Å²) < 4.78 is 1.44. The van der Waals surface area contributed by atoms with E-state index in [1.54, 1.807) is 6.20 Å². The van der Waals surface area contributed by atoms with Gasteiger partial charge in [0.15, 0.2) is 6.29 Å². The van der Waals surface area contributed by atoms with Crippen LogP contribution in [0.3, 0.4) is 0 Å². The van der Waals surface area contributed by atoms with E-state index >= 15 is 0 Å². The van der Waals surface area contributed by atoms with Gasteiger partial charge in [0.2, 0.25) is 0 Å². The molecule has 13 heavy (non-hydrogen) atoms. The predicted molar refractivity (Wildman–Crippen MR) is 46.9 cm³/mol. The van der Waals surface area contributed by atoms with E-state index in [2.05, 4.69) is 17.2 Å². The summed E-state index contributed by atoms with van der Waals surface area (Å²) in [5.41, 5.74) is 0.905. The second-order valence-corrected chi connectivity index (χ2v) is 3.02. The van der Waals surface area contributed by atoms with Crippen molar-refractivity contribution in [3.05, 3.63) is 11.9 Å². The Hall–Kier alpha value is -0.940. The van der Waals surface area contributed by atoms with Crippen molar-refractivity contribution in [3.63, 3.8) is 0 Å². The first-order chi connectivity index (χ1) is 6.22. The fraction of sp³-hybridized carbons (Fsp3) is 0.750. The van der Waals surface area contributed by atoms with Gasteiger partial charge < -0.3 is 10.2 Å². The molecule has 1 aromatic heterocycles. The highest BCUT2D eigenvalue weighted by molar-refractivity contribution is 4.91. The van der Waals surface area contributed by atoms with E-state index in [1.165, 1.54) is 4.68 Å². The molecule has 0 aliphatic rings. The van der Waals surface area contributed by atoms with Gasteiger partial charge in [0.25, 0.3) is 0 Å². The lowest BCUT2D eigenvalue weighted by molar-refractivity contribution is -0.0537. The number of aliphatic hydroxyl groups is 2. The SMILES string of the molecule is CCCCc1cn(CC(O)O)nn1. The Bertz CT molecular complexity index is 247. The molecule has 0 aliphatic carbocycles. The van der Waals surface area contributed by atoms with Gasteiger partial charge in [-0.25, -0.2) is 4.68 Å². The second-order valence-electron chi connectivity index (χ2n) is 3.02. The van der Waals surface area contributed by atoms with Gasteiger partial charge in [-0.05, 0) is 12.8 Å². The third-order valence-corrected chi connectivity index (χ3v) is 1.72. The van der Waals surface area contributed by atoms with Crippen LogP contribution in [-0.4, -0.2) is 31.5 Å². The normalized spacial score (nSPS) is 11.1. The number of aliphatic hydroxyl groups excluding tert-OH is 1. The van der Waals surface area contributed by atoms with Gasteiger partial charge in [-0.15, -0.1) is 5.10 Å². The summed E-state index contributed by atoms with van der Waals surface area (Å²) in [7, 11) is 0. The Kier molecular flexibility index (Phi) is 3.85. The van der Waals surface area contributed by atoms with E-state index in [0.717, 1.165) is 25.0 Å². The number of aromatic nitrogens is 3. The van der Waals surface area contributed by atoms with Gasteiger partial charge >= 0.3 is 0 Å². The van der Waals surface area contributed by atoms with Gasteiger partial charge in [-0.1, -0.05) is 18.6 Å². The fourth-order valence-corrected chi connectivity index (χ4v) is 1.07. The van der Waals surface area contributed by atoms with Crippen LogP contribution >= 0.6 is 0 Å². The molecular weight excluding hydrogens is 170 g/mol. The monoisotopic (exact) mass is 185 g/mol. The smallest absolute Gasteiger partial charge is 0.171 e. The molecule has 1 aromatic rings. The quantitative estimate of drug-likeness (QED) is 0.630. The molecule has 1 rings (SSSR count). The molecule has 5 nitrogen and oxygen atoms in total. The Balaban J connectivity index is 2.44.